The molecule has 2 heterocycles. The van der Waals surface area contributed by atoms with Gasteiger partial charge >= 0.3 is 0 Å². The number of carbonyl (C=O) groups is 2. The number of alkyl halides is 3. The number of nitriles is 1. The average molecular weight is 518 g/mol. The molecule has 0 aliphatic carbocycles. The molecule has 1 atom stereocenters. The summed E-state index contributed by atoms with van der Waals surface area (Å²) in [5.74, 6) is -1.19. The van der Waals surface area contributed by atoms with Crippen molar-refractivity contribution in [1.29, 1.82) is 5.26 Å². The Balaban J connectivity index is 1.87. The van der Waals surface area contributed by atoms with Crippen LogP contribution in [0.15, 0.2) is 67.4 Å². The van der Waals surface area contributed by atoms with E-state index in [1.165, 1.54) is 18.3 Å². The molecule has 2 aromatic carbocycles. The van der Waals surface area contributed by atoms with E-state index >= 15 is 0 Å². The summed E-state index contributed by atoms with van der Waals surface area (Å²) in [6, 6.07) is 15.0. The number of nitrogens with two attached hydrogens (primary N) is 1. The highest BCUT2D eigenvalue weighted by molar-refractivity contribution is 6.11. The molecule has 0 aliphatic rings. The first kappa shape index (κ1) is 26.0. The van der Waals surface area contributed by atoms with E-state index in [1.807, 2.05) is 0 Å². The van der Waals surface area contributed by atoms with Crippen molar-refractivity contribution in [2.24, 2.45) is 7.05 Å². The molecule has 4 N–H and O–H groups in total. The second kappa shape index (κ2) is 10.5. The predicted molar refractivity (Wildman–Crippen MR) is 138 cm³/mol. The summed E-state index contributed by atoms with van der Waals surface area (Å²) in [6.45, 7) is 3.43. The van der Waals surface area contributed by atoms with Gasteiger partial charge in [-0.05, 0) is 41.5 Å². The molecule has 0 saturated heterocycles. The highest BCUT2D eigenvalue weighted by Crippen LogP contribution is 2.43. The van der Waals surface area contributed by atoms with Crippen LogP contribution < -0.4 is 16.4 Å². The van der Waals surface area contributed by atoms with E-state index in [-0.39, 0.29) is 22.9 Å². The van der Waals surface area contributed by atoms with E-state index in [0.717, 1.165) is 11.6 Å². The van der Waals surface area contributed by atoms with Gasteiger partial charge in [-0.25, -0.2) is 18.2 Å². The van der Waals surface area contributed by atoms with Crippen molar-refractivity contribution in [2.75, 3.05) is 11.1 Å². The quantitative estimate of drug-likeness (QED) is 0.240. The average Bonchev–Trinajstić information content (AvgIpc) is 3.23. The van der Waals surface area contributed by atoms with Crippen LogP contribution in [0.3, 0.4) is 0 Å². The van der Waals surface area contributed by atoms with Crippen LogP contribution in [0, 0.1) is 11.3 Å². The molecule has 0 radical (unpaired) electrons. The van der Waals surface area contributed by atoms with Crippen LogP contribution in [0.4, 0.5) is 24.7 Å². The van der Waals surface area contributed by atoms with Gasteiger partial charge in [-0.2, -0.15) is 5.26 Å². The number of nitrogens with zero attached hydrogens (tertiary/aromatic N) is 3. The van der Waals surface area contributed by atoms with Crippen molar-refractivity contribution in [2.45, 2.75) is 12.7 Å². The number of benzene rings is 2. The molecule has 0 aliphatic heterocycles. The lowest BCUT2D eigenvalue weighted by Crippen LogP contribution is -2.36. The molecule has 2 amide bonds. The number of hydrogen-bond acceptors (Lipinski definition) is 5. The number of aryl methyl sites for hydroxylation is 1. The number of rotatable bonds is 7. The summed E-state index contributed by atoms with van der Waals surface area (Å²) in [4.78, 5) is 28.0. The number of amides is 2. The number of pyridine rings is 1. The first-order valence-electron chi connectivity index (χ1n) is 11.2. The molecule has 4 aromatic rings. The van der Waals surface area contributed by atoms with Crippen molar-refractivity contribution >= 4 is 34.2 Å². The maximum atomic E-state index is 13.3. The van der Waals surface area contributed by atoms with Crippen molar-refractivity contribution in [3.8, 4) is 28.5 Å². The van der Waals surface area contributed by atoms with Gasteiger partial charge in [-0.1, -0.05) is 30.8 Å². The predicted octanol–water partition coefficient (Wildman–Crippen LogP) is 4.78. The van der Waals surface area contributed by atoms with Crippen LogP contribution in [0.25, 0.3) is 33.3 Å². The van der Waals surface area contributed by atoms with E-state index in [1.54, 1.807) is 53.3 Å². The lowest BCUT2D eigenvalue weighted by Gasteiger charge is -2.12. The maximum Gasteiger partial charge on any atom is 0.287 e. The minimum absolute atomic E-state index is 0.0232. The highest BCUT2D eigenvalue weighted by Gasteiger charge is 2.25. The van der Waals surface area contributed by atoms with Gasteiger partial charge in [0.1, 0.15) is 11.9 Å². The minimum atomic E-state index is -3.35. The Hall–Kier alpha value is -5.11. The van der Waals surface area contributed by atoms with Crippen molar-refractivity contribution in [3.63, 3.8) is 0 Å². The molecule has 0 spiro atoms. The maximum absolute atomic E-state index is 13.3. The summed E-state index contributed by atoms with van der Waals surface area (Å²) < 4.78 is 40.1. The Morgan fingerprint density at radius 3 is 2.32 bits per heavy atom. The lowest BCUT2D eigenvalue weighted by molar-refractivity contribution is -0.111. The fourth-order valence-electron chi connectivity index (χ4n) is 4.17. The normalized spacial score (nSPS) is 11.7. The zero-order chi connectivity index (χ0) is 27.6. The summed E-state index contributed by atoms with van der Waals surface area (Å²) in [5, 5.41) is 14.5. The van der Waals surface area contributed by atoms with Gasteiger partial charge in [0.2, 0.25) is 12.2 Å². The summed E-state index contributed by atoms with van der Waals surface area (Å²) in [7, 11) is 1.77. The monoisotopic (exact) mass is 518 g/mol. The smallest absolute Gasteiger partial charge is 0.287 e. The fraction of sp³-hybridized carbons (Fsp3) is 0.111. The molecular formula is C27H21F3N6O2. The Bertz CT molecular complexity index is 1590. The number of hydrogen-bond donors (Lipinski definition) is 3. The molecular weight excluding hydrogens is 497 g/mol. The number of anilines is 2. The molecule has 11 heteroatoms. The van der Waals surface area contributed by atoms with Crippen molar-refractivity contribution < 1.29 is 22.8 Å². The van der Waals surface area contributed by atoms with E-state index in [2.05, 4.69) is 22.9 Å². The molecule has 2 aromatic heterocycles. The number of nitrogens with one attached hydrogen (secondary N) is 2. The SMILES string of the molecule is C=CC(=O)Nc1ccc(-c2c(-c3ccc(C(=O)NC(F)C(F)F)cc3)c3c(N)ncc(C#N)c3n2C)cc1. The molecule has 8 nitrogen and oxygen atoms in total. The minimum Gasteiger partial charge on any atom is -0.383 e. The molecule has 192 valence electrons. The molecule has 0 saturated carbocycles. The van der Waals surface area contributed by atoms with E-state index in [4.69, 9.17) is 5.73 Å². The first-order valence-corrected chi connectivity index (χ1v) is 11.2. The third-order valence-corrected chi connectivity index (χ3v) is 5.90. The van der Waals surface area contributed by atoms with Crippen LogP contribution >= 0.6 is 0 Å². The molecule has 1 unspecified atom stereocenters. The lowest BCUT2D eigenvalue weighted by atomic mass is 9.97. The van der Waals surface area contributed by atoms with Gasteiger partial charge < -0.3 is 20.9 Å². The third-order valence-electron chi connectivity index (χ3n) is 5.90. The fourth-order valence-corrected chi connectivity index (χ4v) is 4.17. The number of fused-ring (bicyclic) bond motifs is 1. The topological polar surface area (TPSA) is 126 Å². The van der Waals surface area contributed by atoms with E-state index in [9.17, 15) is 28.0 Å². The van der Waals surface area contributed by atoms with Crippen LogP contribution in [0.5, 0.6) is 0 Å². The molecule has 0 bridgehead atoms. The molecule has 4 rings (SSSR count). The number of halogens is 3. The standard InChI is InChI=1S/C27H21F3N6O2/c1-3-19(37)34-18-10-8-15(9-11-18)22-20(21-23(36(22)2)17(12-31)13-33-26(21)32)14-4-6-16(7-5-14)27(38)35-25(30)24(28)29/h3-11,13,24-25H,1H2,2H3,(H2,32,33)(H,34,37)(H,35,38). The van der Waals surface area contributed by atoms with Gasteiger partial charge in [0.05, 0.1) is 22.2 Å². The van der Waals surface area contributed by atoms with Crippen molar-refractivity contribution in [1.82, 2.24) is 14.9 Å². The van der Waals surface area contributed by atoms with Gasteiger partial charge in [0.25, 0.3) is 12.3 Å². The highest BCUT2D eigenvalue weighted by atomic mass is 19.3. The van der Waals surface area contributed by atoms with Crippen molar-refractivity contribution in [3.05, 3.63) is 78.5 Å². The second-order valence-electron chi connectivity index (χ2n) is 8.23. The zero-order valence-corrected chi connectivity index (χ0v) is 20.0. The molecule has 38 heavy (non-hydrogen) atoms. The number of nitrogen functional groups attached to an aromatic ring is 1. The van der Waals surface area contributed by atoms with Gasteiger partial charge in [-0.3, -0.25) is 9.59 Å². The Morgan fingerprint density at radius 2 is 1.74 bits per heavy atom. The summed E-state index contributed by atoms with van der Waals surface area (Å²) in [6.07, 6.45) is -3.61. The number of carbonyl (C=O) groups excluding carboxylic acids is 2. The van der Waals surface area contributed by atoms with Crippen LogP contribution in [-0.4, -0.2) is 34.1 Å². The van der Waals surface area contributed by atoms with Crippen LogP contribution in [0.2, 0.25) is 0 Å². The molecule has 0 fully saturated rings. The third kappa shape index (κ3) is 4.79. The van der Waals surface area contributed by atoms with E-state index in [0.29, 0.717) is 33.4 Å². The summed E-state index contributed by atoms with van der Waals surface area (Å²) in [5.41, 5.74) is 10.2. The van der Waals surface area contributed by atoms with E-state index < -0.39 is 18.6 Å². The van der Waals surface area contributed by atoms with Gasteiger partial charge in [0.15, 0.2) is 0 Å². The Morgan fingerprint density at radius 1 is 1.11 bits per heavy atom. The van der Waals surface area contributed by atoms with Crippen LogP contribution in [-0.2, 0) is 11.8 Å². The first-order chi connectivity index (χ1) is 18.2. The van der Waals surface area contributed by atoms with Crippen LogP contribution in [0.1, 0.15) is 15.9 Å². The largest absolute Gasteiger partial charge is 0.383 e. The van der Waals surface area contributed by atoms with Gasteiger partial charge in [-0.15, -0.1) is 0 Å². The Labute approximate surface area is 215 Å². The number of aromatic nitrogens is 2. The summed E-state index contributed by atoms with van der Waals surface area (Å²) >= 11 is 0. The Kier molecular flexibility index (Phi) is 7.16. The van der Waals surface area contributed by atoms with Gasteiger partial charge in [0, 0.05) is 30.1 Å². The second-order valence-corrected chi connectivity index (χ2v) is 8.23. The zero-order valence-electron chi connectivity index (χ0n) is 20.0.